The number of nitrogens with zero attached hydrogens (tertiary/aromatic N) is 5. The van der Waals surface area contributed by atoms with Crippen molar-refractivity contribution in [3.05, 3.63) is 92.3 Å². The predicted molar refractivity (Wildman–Crippen MR) is 198 cm³/mol. The second-order valence-electron chi connectivity index (χ2n) is 13.1. The lowest BCUT2D eigenvalue weighted by molar-refractivity contribution is -0.148. The molecular weight excluding hydrogens is 798 g/mol. The first-order chi connectivity index (χ1) is 23.7. The standard InChI is InChI=1S/C35H37ClFIN6O5S/c1-34(2,38)49-27(45)12-7-21-5-9-23(10-6-21)43-20-35(3)19-42(14-15-44(35)33(43)47)18-26-28(32(46)48-4)29(24-11-8-22(37)17-25(24)36)41-30(40-26)31-39-13-16-50-31/h5-6,8-11,13,16-17,29H,7,12,14-15,18-20H2,1-4H3,(H,40,41)/t29-,35-/m0/s1. The van der Waals surface area contributed by atoms with Crippen molar-refractivity contribution in [2.24, 2.45) is 4.99 Å². The molecule has 11 nitrogen and oxygen atoms in total. The summed E-state index contributed by atoms with van der Waals surface area (Å²) in [7, 11) is 1.31. The molecule has 0 aliphatic carbocycles. The fourth-order valence-corrected chi connectivity index (χ4v) is 7.72. The van der Waals surface area contributed by atoms with Crippen molar-refractivity contribution in [3.8, 4) is 0 Å². The number of halogens is 3. The molecule has 6 rings (SSSR count). The number of alkyl halides is 1. The number of carbonyl (C=O) groups is 3. The van der Waals surface area contributed by atoms with E-state index in [-0.39, 0.29) is 29.0 Å². The average Bonchev–Trinajstić information content (AvgIpc) is 3.69. The molecular formula is C35H37ClFIN6O5S. The fraction of sp³-hybridized carbons (Fsp3) is 0.400. The zero-order valence-corrected chi connectivity index (χ0v) is 31.8. The number of aliphatic imine (C=N–C) groups is 1. The van der Waals surface area contributed by atoms with Crippen LogP contribution in [0.5, 0.6) is 0 Å². The van der Waals surface area contributed by atoms with Crippen LogP contribution in [-0.4, -0.2) is 87.6 Å². The third-order valence-electron chi connectivity index (χ3n) is 8.84. The average molecular weight is 835 g/mol. The summed E-state index contributed by atoms with van der Waals surface area (Å²) in [5.41, 5.74) is 2.55. The number of benzene rings is 2. The Labute approximate surface area is 312 Å². The molecule has 0 unspecified atom stereocenters. The molecule has 1 N–H and O–H groups in total. The van der Waals surface area contributed by atoms with Crippen molar-refractivity contribution >= 4 is 75.0 Å². The molecule has 0 saturated carbocycles. The molecule has 0 spiro atoms. The first-order valence-electron chi connectivity index (χ1n) is 16.1. The van der Waals surface area contributed by atoms with Gasteiger partial charge in [0.05, 0.1) is 24.8 Å². The Morgan fingerprint density at radius 2 is 1.94 bits per heavy atom. The number of amidine groups is 1. The summed E-state index contributed by atoms with van der Waals surface area (Å²) in [4.78, 5) is 54.4. The summed E-state index contributed by atoms with van der Waals surface area (Å²) in [6.45, 7) is 8.11. The van der Waals surface area contributed by atoms with E-state index in [0.29, 0.717) is 61.2 Å². The first-order valence-corrected chi connectivity index (χ1v) is 18.4. The molecule has 3 aromatic rings. The predicted octanol–water partition coefficient (Wildman–Crippen LogP) is 6.12. The van der Waals surface area contributed by atoms with Crippen LogP contribution in [0, 0.1) is 5.82 Å². The van der Waals surface area contributed by atoms with Crippen LogP contribution in [0.3, 0.4) is 0 Å². The SMILES string of the molecule is COC(=O)C1=C(CN2CCN3C(=O)N(c4ccc(CCC(=O)OC(C)(C)I)cc4)C[C@]3(C)C2)NC(c2nccs2)=N[C@H]1c1ccc(F)cc1Cl. The van der Waals surface area contributed by atoms with E-state index in [1.165, 1.54) is 36.6 Å². The maximum atomic E-state index is 14.1. The zero-order valence-electron chi connectivity index (χ0n) is 28.0. The van der Waals surface area contributed by atoms with Gasteiger partial charge in [-0.2, -0.15) is 0 Å². The smallest absolute Gasteiger partial charge is 0.338 e. The van der Waals surface area contributed by atoms with Gasteiger partial charge >= 0.3 is 18.0 Å². The number of amides is 2. The summed E-state index contributed by atoms with van der Waals surface area (Å²) < 4.78 is 24.1. The molecule has 15 heteroatoms. The minimum absolute atomic E-state index is 0.0674. The van der Waals surface area contributed by atoms with Crippen molar-refractivity contribution in [2.45, 2.75) is 48.8 Å². The van der Waals surface area contributed by atoms with E-state index in [2.05, 4.69) is 44.7 Å². The Morgan fingerprint density at radius 1 is 1.18 bits per heavy atom. The number of thiazole rings is 1. The number of ether oxygens (including phenoxy) is 2. The molecule has 2 atom stereocenters. The number of aromatic nitrogens is 1. The van der Waals surface area contributed by atoms with Crippen molar-refractivity contribution in [1.29, 1.82) is 0 Å². The summed E-state index contributed by atoms with van der Waals surface area (Å²) in [6, 6.07) is 10.8. The van der Waals surface area contributed by atoms with E-state index in [9.17, 15) is 18.8 Å². The molecule has 50 heavy (non-hydrogen) atoms. The highest BCUT2D eigenvalue weighted by atomic mass is 127. The van der Waals surface area contributed by atoms with Gasteiger partial charge in [-0.1, -0.05) is 29.8 Å². The number of hydrogen-bond acceptors (Lipinski definition) is 10. The molecule has 2 fully saturated rings. The highest BCUT2D eigenvalue weighted by molar-refractivity contribution is 14.1. The van der Waals surface area contributed by atoms with Gasteiger partial charge in [-0.25, -0.2) is 19.0 Å². The number of fused-ring (bicyclic) bond motifs is 1. The lowest BCUT2D eigenvalue weighted by atomic mass is 9.94. The van der Waals surface area contributed by atoms with Crippen molar-refractivity contribution in [1.82, 2.24) is 20.1 Å². The quantitative estimate of drug-likeness (QED) is 0.148. The van der Waals surface area contributed by atoms with Gasteiger partial charge in [0, 0.05) is 66.1 Å². The van der Waals surface area contributed by atoms with E-state index in [0.717, 1.165) is 11.3 Å². The van der Waals surface area contributed by atoms with Crippen LogP contribution in [0.1, 0.15) is 49.4 Å². The van der Waals surface area contributed by atoms with Gasteiger partial charge in [0.2, 0.25) is 0 Å². The van der Waals surface area contributed by atoms with Gasteiger partial charge in [-0.3, -0.25) is 19.6 Å². The normalized spacial score (nSPS) is 21.1. The van der Waals surface area contributed by atoms with Crippen molar-refractivity contribution in [3.63, 3.8) is 0 Å². The van der Waals surface area contributed by atoms with Crippen molar-refractivity contribution < 1.29 is 28.2 Å². The monoisotopic (exact) mass is 834 g/mol. The number of methoxy groups -OCH3 is 1. The highest BCUT2D eigenvalue weighted by Gasteiger charge is 2.50. The minimum atomic E-state index is -0.863. The summed E-state index contributed by atoms with van der Waals surface area (Å²) in [5.74, 6) is -0.868. The molecule has 3 aliphatic heterocycles. The fourth-order valence-electron chi connectivity index (χ4n) is 6.61. The number of rotatable bonds is 10. The van der Waals surface area contributed by atoms with E-state index >= 15 is 0 Å². The molecule has 264 valence electrons. The Kier molecular flexibility index (Phi) is 10.5. The second-order valence-corrected chi connectivity index (χ2v) is 17.0. The number of aryl methyl sites for hydroxylation is 1. The van der Waals surface area contributed by atoms with E-state index in [1.54, 1.807) is 11.1 Å². The van der Waals surface area contributed by atoms with Gasteiger partial charge in [0.15, 0.2) is 14.5 Å². The van der Waals surface area contributed by atoms with Gasteiger partial charge in [-0.05, 0) is 79.6 Å². The molecule has 1 aromatic heterocycles. The van der Waals surface area contributed by atoms with Crippen LogP contribution in [0.4, 0.5) is 14.9 Å². The number of piperazine rings is 1. The Hall–Kier alpha value is -3.60. The number of anilines is 1. The number of hydrogen-bond donors (Lipinski definition) is 1. The molecule has 0 bridgehead atoms. The van der Waals surface area contributed by atoms with Crippen LogP contribution in [0.15, 0.2) is 70.3 Å². The van der Waals surface area contributed by atoms with Crippen LogP contribution in [0.25, 0.3) is 0 Å². The van der Waals surface area contributed by atoms with Gasteiger partial charge in [0.25, 0.3) is 0 Å². The largest absolute Gasteiger partial charge is 0.466 e. The Bertz CT molecular complexity index is 1850. The topological polar surface area (TPSA) is 117 Å². The summed E-state index contributed by atoms with van der Waals surface area (Å²) >= 11 is 9.99. The Balaban J connectivity index is 1.21. The number of carbonyl (C=O) groups excluding carboxylic acids is 3. The van der Waals surface area contributed by atoms with Gasteiger partial charge < -0.3 is 19.7 Å². The molecule has 3 aliphatic rings. The van der Waals surface area contributed by atoms with Gasteiger partial charge in [0.1, 0.15) is 11.9 Å². The zero-order chi connectivity index (χ0) is 35.8. The molecule has 2 saturated heterocycles. The third kappa shape index (κ3) is 7.82. The van der Waals surface area contributed by atoms with Crippen LogP contribution < -0.4 is 10.2 Å². The summed E-state index contributed by atoms with van der Waals surface area (Å²) in [6.07, 6.45) is 2.48. The lowest BCUT2D eigenvalue weighted by Crippen LogP contribution is -2.60. The molecule has 0 radical (unpaired) electrons. The van der Waals surface area contributed by atoms with E-state index in [1.807, 2.05) is 48.4 Å². The van der Waals surface area contributed by atoms with E-state index < -0.39 is 27.0 Å². The first kappa shape index (κ1) is 36.2. The second kappa shape index (κ2) is 14.6. The van der Waals surface area contributed by atoms with Gasteiger partial charge in [-0.15, -0.1) is 11.3 Å². The Morgan fingerprint density at radius 3 is 2.60 bits per heavy atom. The van der Waals surface area contributed by atoms with Crippen molar-refractivity contribution in [2.75, 3.05) is 44.7 Å². The van der Waals surface area contributed by atoms with Crippen LogP contribution >= 0.6 is 45.5 Å². The maximum Gasteiger partial charge on any atom is 0.338 e. The molecule has 4 heterocycles. The number of esters is 2. The molecule has 2 amide bonds. The molecule has 2 aromatic carbocycles. The highest BCUT2D eigenvalue weighted by Crippen LogP contribution is 2.38. The maximum absolute atomic E-state index is 14.1. The number of nitrogens with one attached hydrogen (secondary N) is 1. The summed E-state index contributed by atoms with van der Waals surface area (Å²) in [5, 5.41) is 5.94. The van der Waals surface area contributed by atoms with Crippen LogP contribution in [0.2, 0.25) is 5.02 Å². The van der Waals surface area contributed by atoms with Crippen LogP contribution in [-0.2, 0) is 25.5 Å². The van der Waals surface area contributed by atoms with E-state index in [4.69, 9.17) is 26.1 Å². The number of urea groups is 1. The minimum Gasteiger partial charge on any atom is -0.466 e. The third-order valence-corrected chi connectivity index (χ3v) is 10.2. The lowest BCUT2D eigenvalue weighted by Gasteiger charge is -2.44.